The predicted octanol–water partition coefficient (Wildman–Crippen LogP) is 4.20. The standard InChI is InChI=1S/C15H12Cl3N3O2/c1-2-23-13-11(16)6-9(7-12(13)17)8-20-21-15(22)10-4-3-5-19-14(10)18/h3-8H,2H2,1H3,(H,21,22). The molecule has 0 spiro atoms. The first-order valence-electron chi connectivity index (χ1n) is 6.58. The molecule has 1 amide bonds. The van der Waals surface area contributed by atoms with Crippen molar-refractivity contribution < 1.29 is 9.53 Å². The molecule has 0 atom stereocenters. The fraction of sp³-hybridized carbons (Fsp3) is 0.133. The first-order chi connectivity index (χ1) is 11.0. The van der Waals surface area contributed by atoms with Gasteiger partial charge >= 0.3 is 0 Å². The second-order valence-electron chi connectivity index (χ2n) is 4.29. The van der Waals surface area contributed by atoms with Crippen LogP contribution in [-0.2, 0) is 0 Å². The van der Waals surface area contributed by atoms with Crippen molar-refractivity contribution >= 4 is 46.9 Å². The third-order valence-corrected chi connectivity index (χ3v) is 3.56. The molecule has 1 aromatic carbocycles. The van der Waals surface area contributed by atoms with Gasteiger partial charge in [-0.2, -0.15) is 5.10 Å². The van der Waals surface area contributed by atoms with Gasteiger partial charge in [-0.15, -0.1) is 0 Å². The summed E-state index contributed by atoms with van der Waals surface area (Å²) in [5.41, 5.74) is 3.20. The number of hydrogen-bond donors (Lipinski definition) is 1. The van der Waals surface area contributed by atoms with Crippen LogP contribution >= 0.6 is 34.8 Å². The zero-order valence-electron chi connectivity index (χ0n) is 12.0. The Morgan fingerprint density at radius 2 is 2.04 bits per heavy atom. The molecule has 1 N–H and O–H groups in total. The maximum Gasteiger partial charge on any atom is 0.274 e. The first-order valence-corrected chi connectivity index (χ1v) is 7.72. The minimum Gasteiger partial charge on any atom is -0.491 e. The number of carbonyl (C=O) groups is 1. The molecule has 1 heterocycles. The molecule has 2 rings (SSSR count). The summed E-state index contributed by atoms with van der Waals surface area (Å²) in [6, 6.07) is 6.41. The van der Waals surface area contributed by atoms with Crippen LogP contribution in [-0.4, -0.2) is 23.7 Å². The number of nitrogens with zero attached hydrogens (tertiary/aromatic N) is 2. The number of rotatable bonds is 5. The van der Waals surface area contributed by atoms with E-state index in [-0.39, 0.29) is 10.7 Å². The van der Waals surface area contributed by atoms with Crippen molar-refractivity contribution in [2.24, 2.45) is 5.10 Å². The maximum atomic E-state index is 11.9. The summed E-state index contributed by atoms with van der Waals surface area (Å²) < 4.78 is 5.34. The second-order valence-corrected chi connectivity index (χ2v) is 5.46. The van der Waals surface area contributed by atoms with Crippen molar-refractivity contribution in [3.8, 4) is 5.75 Å². The highest BCUT2D eigenvalue weighted by atomic mass is 35.5. The third kappa shape index (κ3) is 4.58. The van der Waals surface area contributed by atoms with Gasteiger partial charge in [-0.25, -0.2) is 10.4 Å². The van der Waals surface area contributed by atoms with E-state index in [4.69, 9.17) is 39.5 Å². The van der Waals surface area contributed by atoms with Gasteiger partial charge in [0.15, 0.2) is 5.75 Å². The van der Waals surface area contributed by atoms with E-state index in [2.05, 4.69) is 15.5 Å². The Morgan fingerprint density at radius 1 is 1.35 bits per heavy atom. The van der Waals surface area contributed by atoms with Crippen molar-refractivity contribution in [1.82, 2.24) is 10.4 Å². The first kappa shape index (κ1) is 17.5. The van der Waals surface area contributed by atoms with Crippen molar-refractivity contribution in [3.05, 3.63) is 56.8 Å². The van der Waals surface area contributed by atoms with Crippen LogP contribution in [0.4, 0.5) is 0 Å². The van der Waals surface area contributed by atoms with Gasteiger partial charge in [0.25, 0.3) is 5.91 Å². The molecule has 0 aliphatic heterocycles. The summed E-state index contributed by atoms with van der Waals surface area (Å²) in [6.07, 6.45) is 2.90. The molecule has 120 valence electrons. The van der Waals surface area contributed by atoms with Crippen molar-refractivity contribution in [2.75, 3.05) is 6.61 Å². The molecule has 0 saturated heterocycles. The number of hydrogen-bond acceptors (Lipinski definition) is 4. The molecule has 2 aromatic rings. The van der Waals surface area contributed by atoms with Gasteiger partial charge in [0, 0.05) is 6.20 Å². The lowest BCUT2D eigenvalue weighted by Gasteiger charge is -2.08. The van der Waals surface area contributed by atoms with Crippen LogP contribution in [0, 0.1) is 0 Å². The summed E-state index contributed by atoms with van der Waals surface area (Å²) >= 11 is 18.0. The maximum absolute atomic E-state index is 11.9. The zero-order chi connectivity index (χ0) is 16.8. The van der Waals surface area contributed by atoms with Crippen LogP contribution < -0.4 is 10.2 Å². The summed E-state index contributed by atoms with van der Waals surface area (Å²) in [5, 5.41) is 4.68. The zero-order valence-corrected chi connectivity index (χ0v) is 14.3. The van der Waals surface area contributed by atoms with Crippen molar-refractivity contribution in [1.29, 1.82) is 0 Å². The Kier molecular flexibility index (Phi) is 6.21. The van der Waals surface area contributed by atoms with E-state index < -0.39 is 5.91 Å². The van der Waals surface area contributed by atoms with Gasteiger partial charge in [0.05, 0.1) is 28.4 Å². The molecule has 8 heteroatoms. The van der Waals surface area contributed by atoms with E-state index in [1.807, 2.05) is 6.92 Å². The van der Waals surface area contributed by atoms with E-state index in [0.29, 0.717) is 28.0 Å². The van der Waals surface area contributed by atoms with E-state index in [1.165, 1.54) is 12.4 Å². The Hall–Kier alpha value is -1.82. The molecular formula is C15H12Cl3N3O2. The Morgan fingerprint density at radius 3 is 2.65 bits per heavy atom. The largest absolute Gasteiger partial charge is 0.491 e. The van der Waals surface area contributed by atoms with Gasteiger partial charge in [-0.1, -0.05) is 34.8 Å². The minimum atomic E-state index is -0.470. The normalized spacial score (nSPS) is 10.8. The quantitative estimate of drug-likeness (QED) is 0.486. The molecule has 0 bridgehead atoms. The van der Waals surface area contributed by atoms with E-state index in [1.54, 1.807) is 24.3 Å². The highest BCUT2D eigenvalue weighted by Crippen LogP contribution is 2.33. The van der Waals surface area contributed by atoms with Gasteiger partial charge in [-0.3, -0.25) is 4.79 Å². The number of amides is 1. The van der Waals surface area contributed by atoms with Crippen LogP contribution in [0.5, 0.6) is 5.75 Å². The van der Waals surface area contributed by atoms with Crippen LogP contribution in [0.15, 0.2) is 35.6 Å². The number of benzene rings is 1. The molecule has 0 unspecified atom stereocenters. The van der Waals surface area contributed by atoms with Crippen LogP contribution in [0.25, 0.3) is 0 Å². The van der Waals surface area contributed by atoms with Crippen LogP contribution in [0.3, 0.4) is 0 Å². The van der Waals surface area contributed by atoms with E-state index >= 15 is 0 Å². The minimum absolute atomic E-state index is 0.104. The Balaban J connectivity index is 2.09. The van der Waals surface area contributed by atoms with Crippen molar-refractivity contribution in [2.45, 2.75) is 6.92 Å². The average Bonchev–Trinajstić information content (AvgIpc) is 2.51. The predicted molar refractivity (Wildman–Crippen MR) is 91.9 cm³/mol. The summed E-state index contributed by atoms with van der Waals surface area (Å²) in [7, 11) is 0. The van der Waals surface area contributed by atoms with Gasteiger partial charge in [-0.05, 0) is 36.8 Å². The van der Waals surface area contributed by atoms with E-state index in [9.17, 15) is 4.79 Å². The number of aromatic nitrogens is 1. The third-order valence-electron chi connectivity index (χ3n) is 2.69. The molecule has 0 aliphatic carbocycles. The molecule has 0 aliphatic rings. The molecular weight excluding hydrogens is 361 g/mol. The smallest absolute Gasteiger partial charge is 0.274 e. The summed E-state index contributed by atoms with van der Waals surface area (Å²) in [5.74, 6) is -0.0540. The highest BCUT2D eigenvalue weighted by molar-refractivity contribution is 6.37. The molecule has 0 saturated carbocycles. The molecule has 0 fully saturated rings. The number of hydrazone groups is 1. The fourth-order valence-corrected chi connectivity index (χ4v) is 2.54. The van der Waals surface area contributed by atoms with Gasteiger partial charge in [0.1, 0.15) is 5.15 Å². The second kappa shape index (κ2) is 8.15. The Bertz CT molecular complexity index is 727. The van der Waals surface area contributed by atoms with Crippen molar-refractivity contribution in [3.63, 3.8) is 0 Å². The van der Waals surface area contributed by atoms with Crippen LogP contribution in [0.1, 0.15) is 22.8 Å². The fourth-order valence-electron chi connectivity index (χ4n) is 1.72. The lowest BCUT2D eigenvalue weighted by atomic mass is 10.2. The molecule has 5 nitrogen and oxygen atoms in total. The number of carbonyl (C=O) groups excluding carboxylic acids is 1. The summed E-state index contributed by atoms with van der Waals surface area (Å²) in [4.78, 5) is 15.7. The number of halogens is 3. The van der Waals surface area contributed by atoms with Gasteiger partial charge < -0.3 is 4.74 Å². The summed E-state index contributed by atoms with van der Waals surface area (Å²) in [6.45, 7) is 2.29. The molecule has 23 heavy (non-hydrogen) atoms. The van der Waals surface area contributed by atoms with Gasteiger partial charge in [0.2, 0.25) is 0 Å². The highest BCUT2D eigenvalue weighted by Gasteiger charge is 2.10. The van der Waals surface area contributed by atoms with Crippen LogP contribution in [0.2, 0.25) is 15.2 Å². The monoisotopic (exact) mass is 371 g/mol. The number of ether oxygens (including phenoxy) is 1. The Labute approximate surface area is 148 Å². The lowest BCUT2D eigenvalue weighted by molar-refractivity contribution is 0.0955. The molecule has 0 radical (unpaired) electrons. The molecule has 1 aromatic heterocycles. The average molecular weight is 373 g/mol. The van der Waals surface area contributed by atoms with E-state index in [0.717, 1.165) is 0 Å². The SMILES string of the molecule is CCOc1c(Cl)cc(C=NNC(=O)c2cccnc2Cl)cc1Cl. The lowest BCUT2D eigenvalue weighted by Crippen LogP contribution is -2.18. The topological polar surface area (TPSA) is 63.6 Å². The number of pyridine rings is 1. The number of nitrogens with one attached hydrogen (secondary N) is 1.